The third kappa shape index (κ3) is 3.91. The monoisotopic (exact) mass is 431 g/mol. The van der Waals surface area contributed by atoms with Crippen molar-refractivity contribution in [2.24, 2.45) is 5.73 Å². The molecule has 1 amide bonds. The number of benzene rings is 1. The summed E-state index contributed by atoms with van der Waals surface area (Å²) in [6.07, 6.45) is 0. The third-order valence-electron chi connectivity index (χ3n) is 4.00. The first-order valence-electron chi connectivity index (χ1n) is 7.44. The molecular weight excluding hydrogens is 417 g/mol. The van der Waals surface area contributed by atoms with Crippen molar-refractivity contribution in [2.45, 2.75) is 6.54 Å². The van der Waals surface area contributed by atoms with Gasteiger partial charge in [0, 0.05) is 42.1 Å². The SMILES string of the molecule is NC(=O)c1c(F)cc(Br)cc1N1CCN(Cc2ccc(Cl)s2)CC1. The Bertz CT molecular complexity index is 762. The Morgan fingerprint density at radius 3 is 2.58 bits per heavy atom. The highest BCUT2D eigenvalue weighted by atomic mass is 79.9. The maximum absolute atomic E-state index is 14.1. The van der Waals surface area contributed by atoms with Crippen LogP contribution in [0.3, 0.4) is 0 Å². The van der Waals surface area contributed by atoms with Crippen LogP contribution in [0.5, 0.6) is 0 Å². The van der Waals surface area contributed by atoms with Crippen LogP contribution >= 0.6 is 38.9 Å². The Morgan fingerprint density at radius 2 is 2.00 bits per heavy atom. The van der Waals surface area contributed by atoms with Crippen molar-refractivity contribution in [3.8, 4) is 0 Å². The minimum Gasteiger partial charge on any atom is -0.368 e. The second-order valence-electron chi connectivity index (χ2n) is 5.62. The van der Waals surface area contributed by atoms with Gasteiger partial charge in [0.25, 0.3) is 5.91 Å². The molecule has 4 nitrogen and oxygen atoms in total. The van der Waals surface area contributed by atoms with Crippen molar-refractivity contribution in [1.29, 1.82) is 0 Å². The molecule has 128 valence electrons. The highest BCUT2D eigenvalue weighted by Crippen LogP contribution is 2.29. The molecule has 1 aliphatic rings. The minimum absolute atomic E-state index is 0.0447. The number of primary amides is 1. The molecule has 1 fully saturated rings. The second kappa shape index (κ2) is 7.39. The van der Waals surface area contributed by atoms with Gasteiger partial charge in [-0.05, 0) is 24.3 Å². The molecular formula is C16H16BrClFN3OS. The van der Waals surface area contributed by atoms with Crippen LogP contribution in [-0.4, -0.2) is 37.0 Å². The van der Waals surface area contributed by atoms with Gasteiger partial charge in [0.05, 0.1) is 15.6 Å². The average Bonchev–Trinajstić information content (AvgIpc) is 2.92. The lowest BCUT2D eigenvalue weighted by Gasteiger charge is -2.36. The first-order chi connectivity index (χ1) is 11.4. The zero-order chi connectivity index (χ0) is 17.3. The van der Waals surface area contributed by atoms with Gasteiger partial charge in [-0.3, -0.25) is 9.69 Å². The maximum Gasteiger partial charge on any atom is 0.253 e. The van der Waals surface area contributed by atoms with E-state index in [1.165, 1.54) is 10.9 Å². The number of nitrogens with two attached hydrogens (primary N) is 1. The standard InChI is InChI=1S/C16H16BrClFN3OS/c17-10-7-12(19)15(16(20)23)13(8-10)22-5-3-21(4-6-22)9-11-1-2-14(18)24-11/h1-2,7-8H,3-6,9H2,(H2,20,23). The number of amides is 1. The number of piperazine rings is 1. The van der Waals surface area contributed by atoms with E-state index in [4.69, 9.17) is 17.3 Å². The van der Waals surface area contributed by atoms with Crippen LogP contribution in [-0.2, 0) is 6.54 Å². The predicted molar refractivity (Wildman–Crippen MR) is 99.4 cm³/mol. The first kappa shape index (κ1) is 17.7. The molecule has 1 saturated heterocycles. The number of hydrogen-bond donors (Lipinski definition) is 1. The van der Waals surface area contributed by atoms with E-state index in [9.17, 15) is 9.18 Å². The van der Waals surface area contributed by atoms with Crippen LogP contribution in [0.25, 0.3) is 0 Å². The summed E-state index contributed by atoms with van der Waals surface area (Å²) in [7, 11) is 0. The topological polar surface area (TPSA) is 49.6 Å². The summed E-state index contributed by atoms with van der Waals surface area (Å²) in [5, 5.41) is 0. The van der Waals surface area contributed by atoms with Crippen LogP contribution in [0.4, 0.5) is 10.1 Å². The molecule has 0 bridgehead atoms. The molecule has 0 aliphatic carbocycles. The lowest BCUT2D eigenvalue weighted by atomic mass is 10.1. The molecule has 1 aromatic heterocycles. The fourth-order valence-electron chi connectivity index (χ4n) is 2.86. The summed E-state index contributed by atoms with van der Waals surface area (Å²) in [5.74, 6) is -1.34. The lowest BCUT2D eigenvalue weighted by Crippen LogP contribution is -2.46. The van der Waals surface area contributed by atoms with E-state index < -0.39 is 11.7 Å². The summed E-state index contributed by atoms with van der Waals surface area (Å²) in [6.45, 7) is 3.90. The third-order valence-corrected chi connectivity index (χ3v) is 5.68. The first-order valence-corrected chi connectivity index (χ1v) is 9.43. The Morgan fingerprint density at radius 1 is 1.29 bits per heavy atom. The van der Waals surface area contributed by atoms with Gasteiger partial charge in [-0.15, -0.1) is 11.3 Å². The number of rotatable bonds is 4. The molecule has 0 radical (unpaired) electrons. The van der Waals surface area contributed by atoms with Gasteiger partial charge < -0.3 is 10.6 Å². The van der Waals surface area contributed by atoms with Gasteiger partial charge in [0.1, 0.15) is 5.82 Å². The van der Waals surface area contributed by atoms with Gasteiger partial charge in [-0.2, -0.15) is 0 Å². The van der Waals surface area contributed by atoms with Crippen LogP contribution in [0.1, 0.15) is 15.2 Å². The zero-order valence-electron chi connectivity index (χ0n) is 12.8. The number of carbonyl (C=O) groups excluding carboxylic acids is 1. The Hall–Kier alpha value is -1.15. The average molecular weight is 433 g/mol. The Kier molecular flexibility index (Phi) is 5.44. The highest BCUT2D eigenvalue weighted by Gasteiger charge is 2.24. The molecule has 0 saturated carbocycles. The molecule has 1 aliphatic heterocycles. The number of carbonyl (C=O) groups is 1. The van der Waals surface area contributed by atoms with E-state index in [0.29, 0.717) is 23.2 Å². The number of hydrogen-bond acceptors (Lipinski definition) is 4. The van der Waals surface area contributed by atoms with Gasteiger partial charge in [0.2, 0.25) is 0 Å². The molecule has 2 heterocycles. The van der Waals surface area contributed by atoms with E-state index in [1.54, 1.807) is 17.4 Å². The lowest BCUT2D eigenvalue weighted by molar-refractivity contribution is 0.0996. The molecule has 0 spiro atoms. The minimum atomic E-state index is -0.745. The van der Waals surface area contributed by atoms with Crippen LogP contribution in [0.15, 0.2) is 28.7 Å². The van der Waals surface area contributed by atoms with Crippen molar-refractivity contribution in [3.63, 3.8) is 0 Å². The summed E-state index contributed by atoms with van der Waals surface area (Å²) >= 11 is 10.8. The normalized spacial score (nSPS) is 15.7. The molecule has 0 unspecified atom stereocenters. The quantitative estimate of drug-likeness (QED) is 0.801. The molecule has 8 heteroatoms. The smallest absolute Gasteiger partial charge is 0.253 e. The molecule has 0 atom stereocenters. The van der Waals surface area contributed by atoms with Crippen molar-refractivity contribution in [1.82, 2.24) is 4.90 Å². The van der Waals surface area contributed by atoms with Crippen molar-refractivity contribution >= 4 is 50.5 Å². The molecule has 1 aromatic carbocycles. The summed E-state index contributed by atoms with van der Waals surface area (Å²) < 4.78 is 15.5. The Balaban J connectivity index is 1.71. The van der Waals surface area contributed by atoms with Gasteiger partial charge in [0.15, 0.2) is 0 Å². The van der Waals surface area contributed by atoms with Gasteiger partial charge in [-0.1, -0.05) is 27.5 Å². The van der Waals surface area contributed by atoms with Crippen LogP contribution in [0, 0.1) is 5.82 Å². The molecule has 3 rings (SSSR count). The largest absolute Gasteiger partial charge is 0.368 e. The Labute approximate surface area is 157 Å². The zero-order valence-corrected chi connectivity index (χ0v) is 15.9. The maximum atomic E-state index is 14.1. The number of nitrogens with zero attached hydrogens (tertiary/aromatic N) is 2. The second-order valence-corrected chi connectivity index (χ2v) is 8.33. The van der Waals surface area contributed by atoms with Gasteiger partial charge in [-0.25, -0.2) is 4.39 Å². The van der Waals surface area contributed by atoms with Crippen molar-refractivity contribution in [2.75, 3.05) is 31.1 Å². The van der Waals surface area contributed by atoms with E-state index in [1.807, 2.05) is 17.0 Å². The fourth-order valence-corrected chi connectivity index (χ4v) is 4.41. The van der Waals surface area contributed by atoms with Crippen molar-refractivity contribution < 1.29 is 9.18 Å². The van der Waals surface area contributed by atoms with E-state index in [0.717, 1.165) is 24.0 Å². The van der Waals surface area contributed by atoms with Crippen LogP contribution in [0.2, 0.25) is 4.34 Å². The van der Waals surface area contributed by atoms with E-state index >= 15 is 0 Å². The number of thiophene rings is 1. The fraction of sp³-hybridized carbons (Fsp3) is 0.312. The number of anilines is 1. The van der Waals surface area contributed by atoms with E-state index in [2.05, 4.69) is 20.8 Å². The summed E-state index contributed by atoms with van der Waals surface area (Å²) in [5.41, 5.74) is 5.87. The summed E-state index contributed by atoms with van der Waals surface area (Å²) in [6, 6.07) is 6.95. The molecule has 24 heavy (non-hydrogen) atoms. The number of halogens is 3. The summed E-state index contributed by atoms with van der Waals surface area (Å²) in [4.78, 5) is 17.2. The predicted octanol–water partition coefficient (Wildman–Crippen LogP) is 3.72. The molecule has 2 N–H and O–H groups in total. The van der Waals surface area contributed by atoms with E-state index in [-0.39, 0.29) is 5.56 Å². The van der Waals surface area contributed by atoms with Crippen molar-refractivity contribution in [3.05, 3.63) is 49.3 Å². The molecule has 2 aromatic rings. The highest BCUT2D eigenvalue weighted by molar-refractivity contribution is 9.10. The van der Waals surface area contributed by atoms with Crippen LogP contribution < -0.4 is 10.6 Å². The van der Waals surface area contributed by atoms with Gasteiger partial charge >= 0.3 is 0 Å².